The van der Waals surface area contributed by atoms with Crippen molar-refractivity contribution in [1.82, 2.24) is 10.2 Å². The molecule has 2 N–H and O–H groups in total. The lowest BCUT2D eigenvalue weighted by Gasteiger charge is -2.16. The zero-order chi connectivity index (χ0) is 13.7. The predicted molar refractivity (Wildman–Crippen MR) is 74.5 cm³/mol. The van der Waals surface area contributed by atoms with E-state index in [0.717, 1.165) is 11.5 Å². The summed E-state index contributed by atoms with van der Waals surface area (Å²) in [6, 6.07) is 0.157. The zero-order valence-electron chi connectivity index (χ0n) is 11.1. The van der Waals surface area contributed by atoms with Crippen molar-refractivity contribution in [2.75, 3.05) is 16.8 Å². The number of aromatic nitrogens is 2. The van der Waals surface area contributed by atoms with Crippen molar-refractivity contribution in [2.24, 2.45) is 0 Å². The van der Waals surface area contributed by atoms with E-state index in [1.807, 2.05) is 6.92 Å². The molecule has 18 heavy (non-hydrogen) atoms. The third-order valence-corrected chi connectivity index (χ3v) is 3.77. The number of hydrogen-bond acceptors (Lipinski definition) is 5. The molecule has 0 radical (unpaired) electrons. The highest BCUT2D eigenvalue weighted by Crippen LogP contribution is 2.19. The van der Waals surface area contributed by atoms with E-state index in [4.69, 9.17) is 0 Å². The van der Waals surface area contributed by atoms with Crippen LogP contribution < -0.4 is 5.32 Å². The number of nitrogens with one attached hydrogen (secondary N) is 1. The SMILES string of the molecule is CCSCC(C)Nc1nnc(C)c(C)c1C(=O)O. The van der Waals surface area contributed by atoms with Gasteiger partial charge in [-0.2, -0.15) is 16.9 Å². The fraction of sp³-hybridized carbons (Fsp3) is 0.583. The Morgan fingerprint density at radius 1 is 1.44 bits per heavy atom. The summed E-state index contributed by atoms with van der Waals surface area (Å²) in [6.07, 6.45) is 0. The summed E-state index contributed by atoms with van der Waals surface area (Å²) in [7, 11) is 0. The van der Waals surface area contributed by atoms with Crippen LogP contribution in [0.25, 0.3) is 0 Å². The lowest BCUT2D eigenvalue weighted by Crippen LogP contribution is -2.22. The summed E-state index contributed by atoms with van der Waals surface area (Å²) in [5.74, 6) is 1.33. The van der Waals surface area contributed by atoms with Crippen LogP contribution in [0.3, 0.4) is 0 Å². The summed E-state index contributed by atoms with van der Waals surface area (Å²) in [5, 5.41) is 20.3. The van der Waals surface area contributed by atoms with Gasteiger partial charge in [-0.1, -0.05) is 6.92 Å². The first-order valence-corrected chi connectivity index (χ1v) is 7.04. The van der Waals surface area contributed by atoms with Gasteiger partial charge in [-0.05, 0) is 32.1 Å². The monoisotopic (exact) mass is 269 g/mol. The van der Waals surface area contributed by atoms with E-state index in [1.54, 1.807) is 25.6 Å². The molecule has 0 fully saturated rings. The number of rotatable bonds is 6. The van der Waals surface area contributed by atoms with Crippen molar-refractivity contribution >= 4 is 23.5 Å². The van der Waals surface area contributed by atoms with Gasteiger partial charge in [0.25, 0.3) is 0 Å². The molecule has 0 aliphatic heterocycles. The van der Waals surface area contributed by atoms with Crippen LogP contribution in [0.1, 0.15) is 35.5 Å². The lowest BCUT2D eigenvalue weighted by atomic mass is 10.1. The van der Waals surface area contributed by atoms with Crippen molar-refractivity contribution in [3.8, 4) is 0 Å². The van der Waals surface area contributed by atoms with Crippen LogP contribution in [0, 0.1) is 13.8 Å². The molecule has 0 aliphatic rings. The van der Waals surface area contributed by atoms with Crippen LogP contribution in [-0.2, 0) is 0 Å². The minimum Gasteiger partial charge on any atom is -0.478 e. The second-order valence-electron chi connectivity index (χ2n) is 4.14. The number of aromatic carboxylic acids is 1. The van der Waals surface area contributed by atoms with Crippen LogP contribution in [0.2, 0.25) is 0 Å². The summed E-state index contributed by atoms with van der Waals surface area (Å²) in [6.45, 7) is 7.61. The molecule has 0 aromatic carbocycles. The number of carboxylic acids is 1. The maximum Gasteiger partial charge on any atom is 0.339 e. The highest BCUT2D eigenvalue weighted by atomic mass is 32.2. The van der Waals surface area contributed by atoms with E-state index >= 15 is 0 Å². The summed E-state index contributed by atoms with van der Waals surface area (Å²) < 4.78 is 0. The minimum absolute atomic E-state index is 0.157. The number of carbonyl (C=O) groups is 1. The quantitative estimate of drug-likeness (QED) is 0.825. The van der Waals surface area contributed by atoms with Crippen molar-refractivity contribution in [3.63, 3.8) is 0 Å². The molecule has 0 spiro atoms. The zero-order valence-corrected chi connectivity index (χ0v) is 12.0. The van der Waals surface area contributed by atoms with Crippen molar-refractivity contribution in [3.05, 3.63) is 16.8 Å². The number of anilines is 1. The van der Waals surface area contributed by atoms with E-state index in [2.05, 4.69) is 22.4 Å². The Labute approximate surface area is 111 Å². The van der Waals surface area contributed by atoms with Crippen LogP contribution >= 0.6 is 11.8 Å². The molecule has 6 heteroatoms. The Kier molecular flexibility index (Phi) is 5.40. The fourth-order valence-electron chi connectivity index (χ4n) is 1.54. The first-order chi connectivity index (χ1) is 8.47. The van der Waals surface area contributed by atoms with Crippen LogP contribution in [-0.4, -0.2) is 38.8 Å². The number of aryl methyl sites for hydroxylation is 1. The van der Waals surface area contributed by atoms with Crippen LogP contribution in [0.15, 0.2) is 0 Å². The Balaban J connectivity index is 2.95. The van der Waals surface area contributed by atoms with E-state index in [9.17, 15) is 9.90 Å². The molecular formula is C12H19N3O2S. The van der Waals surface area contributed by atoms with Gasteiger partial charge < -0.3 is 10.4 Å². The summed E-state index contributed by atoms with van der Waals surface area (Å²) in [5.41, 5.74) is 1.53. The molecule has 0 saturated heterocycles. The summed E-state index contributed by atoms with van der Waals surface area (Å²) in [4.78, 5) is 11.3. The molecule has 0 bridgehead atoms. The Morgan fingerprint density at radius 3 is 2.67 bits per heavy atom. The maximum atomic E-state index is 11.3. The molecule has 0 amide bonds. The van der Waals surface area contributed by atoms with Gasteiger partial charge >= 0.3 is 5.97 Å². The van der Waals surface area contributed by atoms with Crippen molar-refractivity contribution in [1.29, 1.82) is 0 Å². The number of carboxylic acid groups (broad SMARTS) is 1. The Hall–Kier alpha value is -1.30. The fourth-order valence-corrected chi connectivity index (χ4v) is 2.21. The van der Waals surface area contributed by atoms with E-state index in [0.29, 0.717) is 17.1 Å². The smallest absolute Gasteiger partial charge is 0.339 e. The maximum absolute atomic E-state index is 11.3. The second-order valence-corrected chi connectivity index (χ2v) is 5.46. The van der Waals surface area contributed by atoms with E-state index < -0.39 is 5.97 Å². The largest absolute Gasteiger partial charge is 0.478 e. The van der Waals surface area contributed by atoms with Gasteiger partial charge in [-0.15, -0.1) is 5.10 Å². The minimum atomic E-state index is -0.969. The van der Waals surface area contributed by atoms with E-state index in [-0.39, 0.29) is 11.6 Å². The second kappa shape index (κ2) is 6.58. The third-order valence-electron chi connectivity index (χ3n) is 2.62. The van der Waals surface area contributed by atoms with Gasteiger partial charge in [0.1, 0.15) is 5.56 Å². The Morgan fingerprint density at radius 2 is 2.11 bits per heavy atom. The average Bonchev–Trinajstić information content (AvgIpc) is 2.31. The molecular weight excluding hydrogens is 250 g/mol. The molecule has 5 nitrogen and oxygen atoms in total. The first-order valence-electron chi connectivity index (χ1n) is 5.88. The highest BCUT2D eigenvalue weighted by Gasteiger charge is 2.18. The topological polar surface area (TPSA) is 75.1 Å². The highest BCUT2D eigenvalue weighted by molar-refractivity contribution is 7.99. The molecule has 1 atom stereocenters. The Bertz CT molecular complexity index is 438. The van der Waals surface area contributed by atoms with Gasteiger partial charge in [0, 0.05) is 11.8 Å². The lowest BCUT2D eigenvalue weighted by molar-refractivity contribution is 0.0696. The van der Waals surface area contributed by atoms with Gasteiger partial charge in [0.15, 0.2) is 5.82 Å². The predicted octanol–water partition coefficient (Wildman–Crippen LogP) is 2.35. The van der Waals surface area contributed by atoms with Gasteiger partial charge in [0.05, 0.1) is 5.69 Å². The van der Waals surface area contributed by atoms with Crippen LogP contribution in [0.4, 0.5) is 5.82 Å². The molecule has 1 rings (SSSR count). The van der Waals surface area contributed by atoms with Crippen molar-refractivity contribution < 1.29 is 9.90 Å². The molecule has 1 aromatic heterocycles. The molecule has 100 valence electrons. The molecule has 0 aliphatic carbocycles. The number of hydrogen-bond donors (Lipinski definition) is 2. The molecule has 1 aromatic rings. The van der Waals surface area contributed by atoms with Gasteiger partial charge in [-0.25, -0.2) is 4.79 Å². The standard InChI is InChI=1S/C12H19N3O2S/c1-5-18-6-7(2)13-11-10(12(16)17)8(3)9(4)14-15-11/h7H,5-6H2,1-4H3,(H,13,15)(H,16,17). The van der Waals surface area contributed by atoms with Crippen LogP contribution in [0.5, 0.6) is 0 Å². The molecule has 0 saturated carbocycles. The van der Waals surface area contributed by atoms with Gasteiger partial charge in [0.2, 0.25) is 0 Å². The van der Waals surface area contributed by atoms with Crippen molar-refractivity contribution in [2.45, 2.75) is 33.7 Å². The average molecular weight is 269 g/mol. The normalized spacial score (nSPS) is 12.2. The van der Waals surface area contributed by atoms with Gasteiger partial charge in [-0.3, -0.25) is 0 Å². The molecule has 1 unspecified atom stereocenters. The molecule has 1 heterocycles. The number of thioether (sulfide) groups is 1. The first kappa shape index (κ1) is 14.8. The van der Waals surface area contributed by atoms with E-state index in [1.165, 1.54) is 0 Å². The number of nitrogens with zero attached hydrogens (tertiary/aromatic N) is 2. The third kappa shape index (κ3) is 3.60. The summed E-state index contributed by atoms with van der Waals surface area (Å²) >= 11 is 1.80.